The molecular weight excluding hydrogens is 245 g/mol. The number of aliphatic hydroxyl groups is 1. The van der Waals surface area contributed by atoms with Crippen molar-refractivity contribution in [2.75, 3.05) is 13.2 Å². The van der Waals surface area contributed by atoms with E-state index in [4.69, 9.17) is 5.11 Å². The van der Waals surface area contributed by atoms with Gasteiger partial charge in [0.1, 0.15) is 5.82 Å². The second-order valence-corrected chi connectivity index (χ2v) is 6.00. The van der Waals surface area contributed by atoms with Gasteiger partial charge >= 0.3 is 0 Å². The molecule has 17 heavy (non-hydrogen) atoms. The minimum absolute atomic E-state index is 0.191. The summed E-state index contributed by atoms with van der Waals surface area (Å²) in [4.78, 5) is 0. The third-order valence-electron chi connectivity index (χ3n) is 2.39. The first kappa shape index (κ1) is 14.1. The standard InChI is InChI=1S/C11H16FNO3S/c1-9(8-14)17(15,16)13-6-5-10-3-2-4-11(12)7-10/h2-4,7,9,13-14H,5-6,8H2,1H3. The Balaban J connectivity index is 2.48. The molecule has 0 aromatic heterocycles. The molecule has 0 aliphatic carbocycles. The zero-order chi connectivity index (χ0) is 12.9. The Morgan fingerprint density at radius 3 is 2.76 bits per heavy atom. The van der Waals surface area contributed by atoms with Gasteiger partial charge in [-0.3, -0.25) is 0 Å². The summed E-state index contributed by atoms with van der Waals surface area (Å²) in [5, 5.41) is 7.92. The summed E-state index contributed by atoms with van der Waals surface area (Å²) in [5.41, 5.74) is 0.726. The van der Waals surface area contributed by atoms with Crippen molar-refractivity contribution >= 4 is 10.0 Å². The summed E-state index contributed by atoms with van der Waals surface area (Å²) in [6, 6.07) is 6.01. The molecule has 0 saturated carbocycles. The van der Waals surface area contributed by atoms with Crippen LogP contribution >= 0.6 is 0 Å². The molecule has 4 nitrogen and oxygen atoms in total. The lowest BCUT2D eigenvalue weighted by molar-refractivity contribution is 0.295. The molecule has 96 valence electrons. The normalized spacial score (nSPS) is 13.6. The molecule has 2 N–H and O–H groups in total. The molecule has 0 bridgehead atoms. The molecule has 0 fully saturated rings. The van der Waals surface area contributed by atoms with Gasteiger partial charge < -0.3 is 5.11 Å². The maximum Gasteiger partial charge on any atom is 0.216 e. The number of benzene rings is 1. The van der Waals surface area contributed by atoms with E-state index < -0.39 is 21.9 Å². The van der Waals surface area contributed by atoms with Crippen LogP contribution in [0.25, 0.3) is 0 Å². The second kappa shape index (κ2) is 6.09. The first-order chi connectivity index (χ1) is 7.95. The van der Waals surface area contributed by atoms with Gasteiger partial charge in [0.2, 0.25) is 10.0 Å². The smallest absolute Gasteiger partial charge is 0.216 e. The van der Waals surface area contributed by atoms with E-state index in [0.29, 0.717) is 6.42 Å². The van der Waals surface area contributed by atoms with E-state index in [2.05, 4.69) is 4.72 Å². The van der Waals surface area contributed by atoms with Gasteiger partial charge in [-0.2, -0.15) is 0 Å². The molecule has 0 aliphatic heterocycles. The van der Waals surface area contributed by atoms with Crippen LogP contribution in [0.15, 0.2) is 24.3 Å². The lowest BCUT2D eigenvalue weighted by Crippen LogP contribution is -2.35. The molecular formula is C11H16FNO3S. The summed E-state index contributed by atoms with van der Waals surface area (Å²) < 4.78 is 38.2. The summed E-state index contributed by atoms with van der Waals surface area (Å²) in [6.07, 6.45) is 0.412. The van der Waals surface area contributed by atoms with Gasteiger partial charge in [-0.15, -0.1) is 0 Å². The van der Waals surface area contributed by atoms with Gasteiger partial charge in [0.25, 0.3) is 0 Å². The van der Waals surface area contributed by atoms with E-state index >= 15 is 0 Å². The molecule has 0 saturated heterocycles. The number of sulfonamides is 1. The Kier molecular flexibility index (Phi) is 5.04. The van der Waals surface area contributed by atoms with Crippen molar-refractivity contribution in [3.63, 3.8) is 0 Å². The molecule has 0 spiro atoms. The fourth-order valence-corrected chi connectivity index (χ4v) is 2.14. The molecule has 0 aliphatic rings. The Hall–Kier alpha value is -0.980. The Morgan fingerprint density at radius 2 is 2.18 bits per heavy atom. The highest BCUT2D eigenvalue weighted by Gasteiger charge is 2.18. The Morgan fingerprint density at radius 1 is 1.47 bits per heavy atom. The van der Waals surface area contributed by atoms with E-state index in [-0.39, 0.29) is 12.4 Å². The molecule has 1 aromatic carbocycles. The van der Waals surface area contributed by atoms with Crippen LogP contribution in [0.1, 0.15) is 12.5 Å². The topological polar surface area (TPSA) is 66.4 Å². The molecule has 0 radical (unpaired) electrons. The maximum atomic E-state index is 12.8. The first-order valence-electron chi connectivity index (χ1n) is 5.29. The van der Waals surface area contributed by atoms with E-state index in [0.717, 1.165) is 5.56 Å². The third-order valence-corrected chi connectivity index (χ3v) is 4.21. The van der Waals surface area contributed by atoms with Crippen molar-refractivity contribution in [1.29, 1.82) is 0 Å². The van der Waals surface area contributed by atoms with Crippen LogP contribution in [0.2, 0.25) is 0 Å². The van der Waals surface area contributed by atoms with Gasteiger partial charge in [-0.25, -0.2) is 17.5 Å². The minimum atomic E-state index is -3.48. The molecule has 6 heteroatoms. The van der Waals surface area contributed by atoms with Crippen molar-refractivity contribution in [2.45, 2.75) is 18.6 Å². The largest absolute Gasteiger partial charge is 0.395 e. The van der Waals surface area contributed by atoms with E-state index in [1.807, 2.05) is 0 Å². The Bertz CT molecular complexity index is 462. The van der Waals surface area contributed by atoms with Crippen molar-refractivity contribution < 1.29 is 17.9 Å². The summed E-state index contributed by atoms with van der Waals surface area (Å²) >= 11 is 0. The zero-order valence-corrected chi connectivity index (χ0v) is 10.4. The van der Waals surface area contributed by atoms with Crippen LogP contribution in [-0.2, 0) is 16.4 Å². The van der Waals surface area contributed by atoms with Gasteiger partial charge in [-0.1, -0.05) is 12.1 Å². The van der Waals surface area contributed by atoms with Crippen LogP contribution < -0.4 is 4.72 Å². The summed E-state index contributed by atoms with van der Waals surface area (Å²) in [6.45, 7) is 1.19. The van der Waals surface area contributed by atoms with Gasteiger partial charge in [-0.05, 0) is 31.0 Å². The number of rotatable bonds is 6. The fraction of sp³-hybridized carbons (Fsp3) is 0.455. The van der Waals surface area contributed by atoms with Crippen LogP contribution in [0.3, 0.4) is 0 Å². The van der Waals surface area contributed by atoms with Crippen LogP contribution in [0, 0.1) is 5.82 Å². The maximum absolute atomic E-state index is 12.8. The number of hydrogen-bond acceptors (Lipinski definition) is 3. The molecule has 1 rings (SSSR count). The van der Waals surface area contributed by atoms with Crippen molar-refractivity contribution in [1.82, 2.24) is 4.72 Å². The summed E-state index contributed by atoms with van der Waals surface area (Å²) in [5.74, 6) is -0.339. The van der Waals surface area contributed by atoms with Crippen molar-refractivity contribution in [3.05, 3.63) is 35.6 Å². The second-order valence-electron chi connectivity index (χ2n) is 3.81. The highest BCUT2D eigenvalue weighted by molar-refractivity contribution is 7.90. The quantitative estimate of drug-likeness (QED) is 0.791. The SMILES string of the molecule is CC(CO)S(=O)(=O)NCCc1cccc(F)c1. The average molecular weight is 261 g/mol. The number of nitrogens with one attached hydrogen (secondary N) is 1. The van der Waals surface area contributed by atoms with Crippen molar-refractivity contribution in [3.8, 4) is 0 Å². The molecule has 0 amide bonds. The minimum Gasteiger partial charge on any atom is -0.395 e. The first-order valence-corrected chi connectivity index (χ1v) is 6.84. The zero-order valence-electron chi connectivity index (χ0n) is 9.56. The lowest BCUT2D eigenvalue weighted by Gasteiger charge is -2.11. The van der Waals surface area contributed by atoms with Crippen molar-refractivity contribution in [2.24, 2.45) is 0 Å². The fourth-order valence-electron chi connectivity index (χ4n) is 1.27. The predicted molar refractivity (Wildman–Crippen MR) is 63.6 cm³/mol. The number of aliphatic hydroxyl groups excluding tert-OH is 1. The van der Waals surface area contributed by atoms with Crippen LogP contribution in [0.5, 0.6) is 0 Å². The monoisotopic (exact) mass is 261 g/mol. The summed E-state index contributed by atoms with van der Waals surface area (Å²) in [7, 11) is -3.48. The Labute approximate surface area is 101 Å². The van der Waals surface area contributed by atoms with E-state index in [1.165, 1.54) is 19.1 Å². The molecule has 1 atom stereocenters. The number of halogens is 1. The average Bonchev–Trinajstić information content (AvgIpc) is 2.27. The highest BCUT2D eigenvalue weighted by atomic mass is 32.2. The lowest BCUT2D eigenvalue weighted by atomic mass is 10.1. The molecule has 1 unspecified atom stereocenters. The van der Waals surface area contributed by atoms with E-state index in [9.17, 15) is 12.8 Å². The molecule has 0 heterocycles. The number of hydrogen-bond donors (Lipinski definition) is 2. The predicted octanol–water partition coefficient (Wildman–Crippen LogP) is 0.668. The third kappa shape index (κ3) is 4.41. The van der Waals surface area contributed by atoms with Gasteiger partial charge in [0, 0.05) is 6.54 Å². The van der Waals surface area contributed by atoms with E-state index in [1.54, 1.807) is 12.1 Å². The van der Waals surface area contributed by atoms with Gasteiger partial charge in [0.05, 0.1) is 11.9 Å². The van der Waals surface area contributed by atoms with Crippen LogP contribution in [-0.4, -0.2) is 31.9 Å². The van der Waals surface area contributed by atoms with Gasteiger partial charge in [0.15, 0.2) is 0 Å². The molecule has 1 aromatic rings. The highest BCUT2D eigenvalue weighted by Crippen LogP contribution is 2.04. The van der Waals surface area contributed by atoms with Crippen LogP contribution in [0.4, 0.5) is 4.39 Å².